The zero-order valence-electron chi connectivity index (χ0n) is 12.2. The fourth-order valence-electron chi connectivity index (χ4n) is 1.77. The number of nitrogens with zero attached hydrogens (tertiary/aromatic N) is 2. The third-order valence-electron chi connectivity index (χ3n) is 3.09. The van der Waals surface area contributed by atoms with Crippen LogP contribution in [-0.2, 0) is 0 Å². The minimum atomic E-state index is -0.262. The first kappa shape index (κ1) is 14.7. The highest BCUT2D eigenvalue weighted by Gasteiger charge is 2.09. The zero-order valence-corrected chi connectivity index (χ0v) is 12.2. The molecule has 5 heteroatoms. The molecule has 0 aliphatic rings. The summed E-state index contributed by atoms with van der Waals surface area (Å²) in [5.41, 5.74) is 3.38. The van der Waals surface area contributed by atoms with Crippen molar-refractivity contribution in [3.63, 3.8) is 0 Å². The molecular weight excluding hydrogens is 264 g/mol. The maximum absolute atomic E-state index is 12.2. The van der Waals surface area contributed by atoms with Gasteiger partial charge >= 0.3 is 0 Å². The third kappa shape index (κ3) is 3.89. The molecule has 1 amide bonds. The Kier molecular flexibility index (Phi) is 4.66. The van der Waals surface area contributed by atoms with Crippen LogP contribution in [-0.4, -0.2) is 22.4 Å². The molecule has 0 radical (unpaired) electrons. The van der Waals surface area contributed by atoms with Crippen LogP contribution in [0.3, 0.4) is 0 Å². The molecule has 2 aromatic rings. The van der Waals surface area contributed by atoms with Gasteiger partial charge in [-0.25, -0.2) is 9.97 Å². The molecule has 0 unspecified atom stereocenters. The van der Waals surface area contributed by atoms with Crippen LogP contribution in [0.15, 0.2) is 43.2 Å². The normalized spacial score (nSPS) is 10.0. The summed E-state index contributed by atoms with van der Waals surface area (Å²) in [6.45, 7) is 8.24. The zero-order chi connectivity index (χ0) is 15.2. The van der Waals surface area contributed by atoms with Crippen LogP contribution in [0.5, 0.6) is 0 Å². The van der Waals surface area contributed by atoms with Crippen molar-refractivity contribution in [2.75, 3.05) is 17.2 Å². The Morgan fingerprint density at radius 3 is 2.76 bits per heavy atom. The molecule has 5 nitrogen and oxygen atoms in total. The van der Waals surface area contributed by atoms with Gasteiger partial charge in [-0.05, 0) is 37.1 Å². The lowest BCUT2D eigenvalue weighted by molar-refractivity contribution is 0.102. The van der Waals surface area contributed by atoms with Crippen molar-refractivity contribution in [3.05, 3.63) is 60.1 Å². The Bertz CT molecular complexity index is 667. The molecule has 0 spiro atoms. The molecule has 0 aliphatic heterocycles. The molecule has 1 aromatic heterocycles. The van der Waals surface area contributed by atoms with Gasteiger partial charge in [0.15, 0.2) is 0 Å². The molecule has 0 bridgehead atoms. The minimum Gasteiger partial charge on any atom is -0.366 e. The predicted molar refractivity (Wildman–Crippen MR) is 84.6 cm³/mol. The van der Waals surface area contributed by atoms with Crippen molar-refractivity contribution in [1.82, 2.24) is 9.97 Å². The number of rotatable bonds is 5. The van der Waals surface area contributed by atoms with Crippen molar-refractivity contribution in [2.45, 2.75) is 13.8 Å². The van der Waals surface area contributed by atoms with E-state index < -0.39 is 0 Å². The van der Waals surface area contributed by atoms with E-state index in [1.165, 1.54) is 11.9 Å². The highest BCUT2D eigenvalue weighted by Crippen LogP contribution is 2.15. The van der Waals surface area contributed by atoms with Crippen LogP contribution < -0.4 is 10.6 Å². The molecule has 0 saturated heterocycles. The number of carbonyl (C=O) groups is 1. The van der Waals surface area contributed by atoms with Crippen molar-refractivity contribution in [1.29, 1.82) is 0 Å². The second-order valence-corrected chi connectivity index (χ2v) is 4.71. The van der Waals surface area contributed by atoms with E-state index in [1.54, 1.807) is 12.1 Å². The number of aryl methyl sites for hydroxylation is 2. The quantitative estimate of drug-likeness (QED) is 0.827. The standard InChI is InChI=1S/C16H18N4O/c1-4-7-17-15-9-14(18-10-19-15)16(21)20-13-6-5-11(2)12(3)8-13/h4-6,8-10H,1,7H2,2-3H3,(H,20,21)(H,17,18,19). The van der Waals surface area contributed by atoms with E-state index in [1.807, 2.05) is 32.0 Å². The fraction of sp³-hybridized carbons (Fsp3) is 0.188. The second kappa shape index (κ2) is 6.65. The molecular formula is C16H18N4O. The number of amides is 1. The van der Waals surface area contributed by atoms with Gasteiger partial charge in [-0.1, -0.05) is 12.1 Å². The van der Waals surface area contributed by atoms with Crippen LogP contribution in [0, 0.1) is 13.8 Å². The summed E-state index contributed by atoms with van der Waals surface area (Å²) >= 11 is 0. The molecule has 0 aliphatic carbocycles. The molecule has 0 atom stereocenters. The van der Waals surface area contributed by atoms with Gasteiger partial charge in [0, 0.05) is 18.3 Å². The smallest absolute Gasteiger partial charge is 0.274 e. The molecule has 0 saturated carbocycles. The van der Waals surface area contributed by atoms with Gasteiger partial charge in [0.05, 0.1) is 0 Å². The van der Waals surface area contributed by atoms with E-state index in [9.17, 15) is 4.79 Å². The minimum absolute atomic E-state index is 0.262. The molecule has 2 N–H and O–H groups in total. The molecule has 108 valence electrons. The topological polar surface area (TPSA) is 66.9 Å². The fourth-order valence-corrected chi connectivity index (χ4v) is 1.77. The highest BCUT2D eigenvalue weighted by molar-refractivity contribution is 6.03. The van der Waals surface area contributed by atoms with Crippen LogP contribution in [0.1, 0.15) is 21.6 Å². The van der Waals surface area contributed by atoms with E-state index in [4.69, 9.17) is 0 Å². The largest absolute Gasteiger partial charge is 0.366 e. The Balaban J connectivity index is 2.12. The van der Waals surface area contributed by atoms with Crippen molar-refractivity contribution >= 4 is 17.4 Å². The van der Waals surface area contributed by atoms with Gasteiger partial charge in [0.2, 0.25) is 0 Å². The van der Waals surface area contributed by atoms with E-state index in [0.29, 0.717) is 18.1 Å². The number of aromatic nitrogens is 2. The van der Waals surface area contributed by atoms with Crippen LogP contribution in [0.4, 0.5) is 11.5 Å². The highest BCUT2D eigenvalue weighted by atomic mass is 16.1. The first-order chi connectivity index (χ1) is 10.1. The number of nitrogens with one attached hydrogen (secondary N) is 2. The summed E-state index contributed by atoms with van der Waals surface area (Å²) in [6.07, 6.45) is 3.08. The second-order valence-electron chi connectivity index (χ2n) is 4.71. The molecule has 2 rings (SSSR count). The summed E-state index contributed by atoms with van der Waals surface area (Å²) in [4.78, 5) is 20.2. The summed E-state index contributed by atoms with van der Waals surface area (Å²) < 4.78 is 0. The summed E-state index contributed by atoms with van der Waals surface area (Å²) in [5, 5.41) is 5.85. The van der Waals surface area contributed by atoms with Crippen LogP contribution in [0.25, 0.3) is 0 Å². The lowest BCUT2D eigenvalue weighted by atomic mass is 10.1. The Morgan fingerprint density at radius 1 is 1.24 bits per heavy atom. The number of benzene rings is 1. The monoisotopic (exact) mass is 282 g/mol. The number of anilines is 2. The summed E-state index contributed by atoms with van der Waals surface area (Å²) in [5.74, 6) is 0.331. The predicted octanol–water partition coefficient (Wildman–Crippen LogP) is 2.94. The molecule has 1 heterocycles. The van der Waals surface area contributed by atoms with Gasteiger partial charge in [0.1, 0.15) is 17.8 Å². The van der Waals surface area contributed by atoms with Gasteiger partial charge in [-0.3, -0.25) is 4.79 Å². The molecule has 1 aromatic carbocycles. The van der Waals surface area contributed by atoms with E-state index in [-0.39, 0.29) is 5.91 Å². The van der Waals surface area contributed by atoms with Gasteiger partial charge in [-0.2, -0.15) is 0 Å². The van der Waals surface area contributed by atoms with Crippen molar-refractivity contribution < 1.29 is 4.79 Å². The number of hydrogen-bond acceptors (Lipinski definition) is 4. The maximum atomic E-state index is 12.2. The maximum Gasteiger partial charge on any atom is 0.274 e. The Morgan fingerprint density at radius 2 is 2.05 bits per heavy atom. The van der Waals surface area contributed by atoms with Gasteiger partial charge < -0.3 is 10.6 Å². The number of hydrogen-bond donors (Lipinski definition) is 2. The first-order valence-electron chi connectivity index (χ1n) is 6.65. The first-order valence-corrected chi connectivity index (χ1v) is 6.65. The van der Waals surface area contributed by atoms with Crippen molar-refractivity contribution in [3.8, 4) is 0 Å². The van der Waals surface area contributed by atoms with E-state index >= 15 is 0 Å². The lowest BCUT2D eigenvalue weighted by Crippen LogP contribution is -2.15. The summed E-state index contributed by atoms with van der Waals surface area (Å²) in [7, 11) is 0. The van der Waals surface area contributed by atoms with Gasteiger partial charge in [0.25, 0.3) is 5.91 Å². The van der Waals surface area contributed by atoms with Crippen molar-refractivity contribution in [2.24, 2.45) is 0 Å². The lowest BCUT2D eigenvalue weighted by Gasteiger charge is -2.08. The third-order valence-corrected chi connectivity index (χ3v) is 3.09. The SMILES string of the molecule is C=CCNc1cc(C(=O)Nc2ccc(C)c(C)c2)ncn1. The summed E-state index contributed by atoms with van der Waals surface area (Å²) in [6, 6.07) is 7.39. The molecule has 0 fully saturated rings. The number of carbonyl (C=O) groups excluding carboxylic acids is 1. The van der Waals surface area contributed by atoms with Gasteiger partial charge in [-0.15, -0.1) is 6.58 Å². The average molecular weight is 282 g/mol. The van der Waals surface area contributed by atoms with E-state index in [0.717, 1.165) is 11.3 Å². The van der Waals surface area contributed by atoms with E-state index in [2.05, 4.69) is 27.2 Å². The Hall–Kier alpha value is -2.69. The van der Waals surface area contributed by atoms with Crippen LogP contribution in [0.2, 0.25) is 0 Å². The average Bonchev–Trinajstić information content (AvgIpc) is 2.49. The Labute approximate surface area is 124 Å². The van der Waals surface area contributed by atoms with Crippen LogP contribution >= 0.6 is 0 Å². The molecule has 21 heavy (non-hydrogen) atoms.